The fraction of sp³-hybridized carbons (Fsp3) is 0.188. The lowest BCUT2D eigenvalue weighted by Crippen LogP contribution is -2.34. The second-order valence-corrected chi connectivity index (χ2v) is 5.31. The van der Waals surface area contributed by atoms with Gasteiger partial charge in [-0.3, -0.25) is 14.4 Å². The highest BCUT2D eigenvalue weighted by Gasteiger charge is 2.10. The number of nitrogens with one attached hydrogen (secondary N) is 3. The maximum absolute atomic E-state index is 11.9. The van der Waals surface area contributed by atoms with Crippen molar-refractivity contribution < 1.29 is 14.4 Å². The van der Waals surface area contributed by atoms with Gasteiger partial charge in [-0.25, -0.2) is 0 Å². The maximum Gasteiger partial charge on any atom is 0.267 e. The third-order valence-electron chi connectivity index (χ3n) is 3.14. The zero-order valence-electron chi connectivity index (χ0n) is 12.5. The molecule has 1 aromatic heterocycles. The normalized spacial score (nSPS) is 10.2. The number of rotatable bonds is 6. The summed E-state index contributed by atoms with van der Waals surface area (Å²) in [7, 11) is 0. The van der Waals surface area contributed by atoms with E-state index in [0.717, 1.165) is 0 Å². The van der Waals surface area contributed by atoms with Crippen molar-refractivity contribution in [3.05, 3.63) is 58.4 Å². The Morgan fingerprint density at radius 2 is 1.61 bits per heavy atom. The standard InChI is InChI=1S/C16H16ClN3O3/c1-10(21)12-8-14(20-9-12)16(23)19-7-6-18-15(22)11-2-4-13(17)5-3-11/h2-5,8-9,20H,6-7H2,1H3,(H,18,22)(H,19,23). The van der Waals surface area contributed by atoms with Crippen LogP contribution in [0.25, 0.3) is 0 Å². The summed E-state index contributed by atoms with van der Waals surface area (Å²) in [5, 5.41) is 5.90. The summed E-state index contributed by atoms with van der Waals surface area (Å²) in [6.45, 7) is 1.98. The van der Waals surface area contributed by atoms with Crippen LogP contribution in [0.15, 0.2) is 36.5 Å². The van der Waals surface area contributed by atoms with Gasteiger partial charge in [0.1, 0.15) is 5.69 Å². The SMILES string of the molecule is CC(=O)c1c[nH]c(C(=O)NCCNC(=O)c2ccc(Cl)cc2)c1. The predicted octanol–water partition coefficient (Wildman–Crippen LogP) is 2.03. The molecule has 0 fully saturated rings. The summed E-state index contributed by atoms with van der Waals surface area (Å²) in [5.74, 6) is -0.691. The van der Waals surface area contributed by atoms with E-state index in [1.54, 1.807) is 24.3 Å². The molecule has 0 unspecified atom stereocenters. The average molecular weight is 334 g/mol. The second-order valence-electron chi connectivity index (χ2n) is 4.88. The van der Waals surface area contributed by atoms with E-state index >= 15 is 0 Å². The van der Waals surface area contributed by atoms with Crippen LogP contribution in [0.3, 0.4) is 0 Å². The number of carbonyl (C=O) groups excluding carboxylic acids is 3. The van der Waals surface area contributed by atoms with Crippen molar-refractivity contribution in [1.82, 2.24) is 15.6 Å². The van der Waals surface area contributed by atoms with Crippen molar-refractivity contribution in [3.8, 4) is 0 Å². The van der Waals surface area contributed by atoms with Gasteiger partial charge in [-0.05, 0) is 37.3 Å². The molecule has 0 aliphatic rings. The number of halogens is 1. The van der Waals surface area contributed by atoms with Gasteiger partial charge in [0.25, 0.3) is 11.8 Å². The summed E-state index contributed by atoms with van der Waals surface area (Å²) in [6, 6.07) is 8.01. The smallest absolute Gasteiger partial charge is 0.267 e. The Morgan fingerprint density at radius 3 is 2.17 bits per heavy atom. The largest absolute Gasteiger partial charge is 0.356 e. The molecule has 23 heavy (non-hydrogen) atoms. The topological polar surface area (TPSA) is 91.1 Å². The van der Waals surface area contributed by atoms with Crippen LogP contribution in [-0.2, 0) is 0 Å². The van der Waals surface area contributed by atoms with Crippen molar-refractivity contribution in [1.29, 1.82) is 0 Å². The fourth-order valence-electron chi connectivity index (χ4n) is 1.88. The maximum atomic E-state index is 11.9. The molecule has 0 atom stereocenters. The third kappa shape index (κ3) is 4.69. The minimum Gasteiger partial charge on any atom is -0.356 e. The number of aromatic nitrogens is 1. The molecule has 0 aliphatic heterocycles. The lowest BCUT2D eigenvalue weighted by atomic mass is 10.2. The number of amides is 2. The molecule has 0 spiro atoms. The van der Waals surface area contributed by atoms with Gasteiger partial charge in [-0.2, -0.15) is 0 Å². The van der Waals surface area contributed by atoms with Crippen LogP contribution >= 0.6 is 11.6 Å². The van der Waals surface area contributed by atoms with Gasteiger partial charge in [0.2, 0.25) is 0 Å². The van der Waals surface area contributed by atoms with E-state index < -0.39 is 0 Å². The second kappa shape index (κ2) is 7.60. The third-order valence-corrected chi connectivity index (χ3v) is 3.39. The van der Waals surface area contributed by atoms with E-state index in [9.17, 15) is 14.4 Å². The van der Waals surface area contributed by atoms with Crippen LogP contribution in [0.4, 0.5) is 0 Å². The molecule has 0 saturated heterocycles. The highest BCUT2D eigenvalue weighted by atomic mass is 35.5. The van der Waals surface area contributed by atoms with Crippen LogP contribution in [0.1, 0.15) is 38.1 Å². The Balaban J connectivity index is 1.76. The monoisotopic (exact) mass is 333 g/mol. The molecule has 0 aliphatic carbocycles. The highest BCUT2D eigenvalue weighted by Crippen LogP contribution is 2.09. The number of hydrogen-bond acceptors (Lipinski definition) is 3. The zero-order chi connectivity index (χ0) is 16.8. The quantitative estimate of drug-likeness (QED) is 0.558. The van der Waals surface area contributed by atoms with E-state index in [4.69, 9.17) is 11.6 Å². The van der Waals surface area contributed by atoms with Crippen molar-refractivity contribution in [2.45, 2.75) is 6.92 Å². The van der Waals surface area contributed by atoms with Crippen LogP contribution in [0.2, 0.25) is 5.02 Å². The molecule has 0 saturated carbocycles. The fourth-order valence-corrected chi connectivity index (χ4v) is 2.01. The number of H-pyrrole nitrogens is 1. The molecule has 3 N–H and O–H groups in total. The molecule has 2 aromatic rings. The number of carbonyl (C=O) groups is 3. The van der Waals surface area contributed by atoms with Gasteiger partial charge in [0, 0.05) is 35.4 Å². The molecule has 6 nitrogen and oxygen atoms in total. The van der Waals surface area contributed by atoms with Gasteiger partial charge in [-0.15, -0.1) is 0 Å². The van der Waals surface area contributed by atoms with E-state index in [2.05, 4.69) is 15.6 Å². The molecular formula is C16H16ClN3O3. The number of aromatic amines is 1. The Labute approximate surface area is 138 Å². The molecule has 120 valence electrons. The van der Waals surface area contributed by atoms with E-state index in [1.165, 1.54) is 19.2 Å². The van der Waals surface area contributed by atoms with Crippen LogP contribution in [0.5, 0.6) is 0 Å². The van der Waals surface area contributed by atoms with Gasteiger partial charge in [-0.1, -0.05) is 11.6 Å². The number of hydrogen-bond donors (Lipinski definition) is 3. The predicted molar refractivity (Wildman–Crippen MR) is 86.9 cm³/mol. The number of ketones is 1. The van der Waals surface area contributed by atoms with E-state index in [0.29, 0.717) is 21.8 Å². The Morgan fingerprint density at radius 1 is 1.00 bits per heavy atom. The number of Topliss-reactive ketones (excluding diaryl/α,β-unsaturated/α-hetero) is 1. The van der Waals surface area contributed by atoms with E-state index in [-0.39, 0.29) is 30.7 Å². The zero-order valence-corrected chi connectivity index (χ0v) is 13.2. The Kier molecular flexibility index (Phi) is 5.54. The average Bonchev–Trinajstić information content (AvgIpc) is 3.02. The van der Waals surface area contributed by atoms with Crippen molar-refractivity contribution in [2.24, 2.45) is 0 Å². The van der Waals surface area contributed by atoms with Crippen LogP contribution < -0.4 is 10.6 Å². The van der Waals surface area contributed by atoms with Gasteiger partial charge >= 0.3 is 0 Å². The summed E-state index contributed by atoms with van der Waals surface area (Å²) in [5.41, 5.74) is 1.25. The molecule has 7 heteroatoms. The molecule has 0 bridgehead atoms. The Bertz CT molecular complexity index is 722. The first-order valence-electron chi connectivity index (χ1n) is 6.98. The van der Waals surface area contributed by atoms with E-state index in [1.807, 2.05) is 0 Å². The Hall–Kier alpha value is -2.60. The molecular weight excluding hydrogens is 318 g/mol. The van der Waals surface area contributed by atoms with Gasteiger partial charge in [0.15, 0.2) is 5.78 Å². The lowest BCUT2D eigenvalue weighted by molar-refractivity contribution is 0.0925. The van der Waals surface area contributed by atoms with Crippen molar-refractivity contribution in [3.63, 3.8) is 0 Å². The van der Waals surface area contributed by atoms with Gasteiger partial charge in [0.05, 0.1) is 0 Å². The molecule has 2 rings (SSSR count). The minimum atomic E-state index is -0.335. The van der Waals surface area contributed by atoms with Crippen molar-refractivity contribution >= 4 is 29.2 Å². The molecule has 1 heterocycles. The molecule has 0 radical (unpaired) electrons. The van der Waals surface area contributed by atoms with Crippen LogP contribution in [0, 0.1) is 0 Å². The van der Waals surface area contributed by atoms with Crippen LogP contribution in [-0.4, -0.2) is 35.7 Å². The minimum absolute atomic E-state index is 0.115. The van der Waals surface area contributed by atoms with Gasteiger partial charge < -0.3 is 15.6 Å². The first kappa shape index (κ1) is 16.8. The highest BCUT2D eigenvalue weighted by molar-refractivity contribution is 6.30. The summed E-state index contributed by atoms with van der Waals surface area (Å²) < 4.78 is 0. The molecule has 2 amide bonds. The first-order chi connectivity index (χ1) is 11.0. The lowest BCUT2D eigenvalue weighted by Gasteiger charge is -2.06. The van der Waals surface area contributed by atoms with Crippen molar-refractivity contribution in [2.75, 3.05) is 13.1 Å². The number of benzene rings is 1. The summed E-state index contributed by atoms with van der Waals surface area (Å²) >= 11 is 5.75. The molecule has 1 aromatic carbocycles. The first-order valence-corrected chi connectivity index (χ1v) is 7.36. The summed E-state index contributed by atoms with van der Waals surface area (Å²) in [4.78, 5) is 37.6. The summed E-state index contributed by atoms with van der Waals surface area (Å²) in [6.07, 6.45) is 1.49.